The number of carbonyl (C=O) groups is 4. The predicted molar refractivity (Wildman–Crippen MR) is 162 cm³/mol. The van der Waals surface area contributed by atoms with Crippen LogP contribution in [0.4, 0.5) is 4.79 Å². The van der Waals surface area contributed by atoms with Gasteiger partial charge >= 0.3 is 6.09 Å². The van der Waals surface area contributed by atoms with Crippen molar-refractivity contribution in [3.63, 3.8) is 0 Å². The Morgan fingerprint density at radius 3 is 1.93 bits per heavy atom. The van der Waals surface area contributed by atoms with Gasteiger partial charge in [-0.1, -0.05) is 58.0 Å². The van der Waals surface area contributed by atoms with Gasteiger partial charge in [-0.2, -0.15) is 0 Å². The Morgan fingerprint density at radius 2 is 1.40 bits per heavy atom. The fourth-order valence-electron chi connectivity index (χ4n) is 3.99. The Labute approximate surface area is 253 Å². The lowest BCUT2D eigenvalue weighted by atomic mass is 9.99. The third kappa shape index (κ3) is 11.3. The van der Waals surface area contributed by atoms with Gasteiger partial charge in [-0.3, -0.25) is 9.59 Å². The molecule has 0 radical (unpaired) electrons. The van der Waals surface area contributed by atoms with E-state index in [4.69, 9.17) is 4.74 Å². The molecule has 0 aliphatic carbocycles. The molecule has 4 N–H and O–H groups in total. The number of halogens is 2. The highest BCUT2D eigenvalue weighted by atomic mass is 79.9. The summed E-state index contributed by atoms with van der Waals surface area (Å²) < 4.78 is 6.18. The number of aldehydes is 1. The SMILES string of the molecule is CC(C)C[C@H](NC(=O)OCc1ccccc1)C(=O)N[C@@H](CC(C)C)C(=O)N[C@H](C=O)Cc1cc(Br)c(O)c(Br)c1.[HH]. The van der Waals surface area contributed by atoms with Crippen LogP contribution in [0.25, 0.3) is 0 Å². The molecule has 2 rings (SSSR count). The van der Waals surface area contributed by atoms with Gasteiger partial charge in [0.15, 0.2) is 0 Å². The second kappa shape index (κ2) is 16.4. The number of benzene rings is 2. The minimum atomic E-state index is -0.926. The van der Waals surface area contributed by atoms with E-state index in [1.807, 2.05) is 58.0 Å². The average molecular weight is 685 g/mol. The van der Waals surface area contributed by atoms with Crippen LogP contribution in [-0.4, -0.2) is 47.4 Å². The van der Waals surface area contributed by atoms with Crippen LogP contribution in [0, 0.1) is 11.8 Å². The van der Waals surface area contributed by atoms with Crippen LogP contribution in [-0.2, 0) is 32.1 Å². The minimum absolute atomic E-state index is 0. The second-order valence-corrected chi connectivity index (χ2v) is 12.2. The number of carbonyl (C=O) groups excluding carboxylic acids is 4. The standard InChI is InChI=1S/C29H37Br2N3O6.H2/c1-17(2)10-24(27(37)32-21(15-35)12-20-13-22(30)26(36)23(31)14-20)33-28(38)25(11-18(3)4)34-29(39)40-16-19-8-6-5-7-9-19;/h5-9,13-15,17-18,21,24-25,36H,10-12,16H2,1-4H3,(H,32,37)(H,33,38)(H,34,39);1H/t21-,24-,25-;/m0./s1. The van der Waals surface area contributed by atoms with Crippen LogP contribution in [0.1, 0.15) is 53.1 Å². The summed E-state index contributed by atoms with van der Waals surface area (Å²) in [6.07, 6.45) is 0.740. The van der Waals surface area contributed by atoms with Crippen molar-refractivity contribution in [2.45, 2.75) is 71.7 Å². The fourth-order valence-corrected chi connectivity index (χ4v) is 5.27. The van der Waals surface area contributed by atoms with Gasteiger partial charge < -0.3 is 30.6 Å². The molecule has 40 heavy (non-hydrogen) atoms. The molecule has 0 unspecified atom stereocenters. The van der Waals surface area contributed by atoms with E-state index in [0.29, 0.717) is 33.6 Å². The third-order valence-electron chi connectivity index (χ3n) is 5.89. The Morgan fingerprint density at radius 1 is 0.875 bits per heavy atom. The topological polar surface area (TPSA) is 134 Å². The first-order valence-corrected chi connectivity index (χ1v) is 14.7. The zero-order valence-corrected chi connectivity index (χ0v) is 26.3. The fraction of sp³-hybridized carbons (Fsp3) is 0.448. The van der Waals surface area contributed by atoms with E-state index >= 15 is 0 Å². The van der Waals surface area contributed by atoms with Crippen LogP contribution < -0.4 is 16.0 Å². The summed E-state index contributed by atoms with van der Waals surface area (Å²) in [5.41, 5.74) is 1.52. The number of nitrogens with one attached hydrogen (secondary N) is 3. The van der Waals surface area contributed by atoms with Crippen molar-refractivity contribution >= 4 is 56.1 Å². The number of aromatic hydroxyl groups is 1. The lowest BCUT2D eigenvalue weighted by Gasteiger charge is -2.26. The molecule has 11 heteroatoms. The highest BCUT2D eigenvalue weighted by Gasteiger charge is 2.29. The molecular formula is C29H39Br2N3O6. The Bertz CT molecular complexity index is 1140. The monoisotopic (exact) mass is 683 g/mol. The van der Waals surface area contributed by atoms with Gasteiger partial charge in [0, 0.05) is 1.43 Å². The van der Waals surface area contributed by atoms with Crippen molar-refractivity contribution in [3.8, 4) is 5.75 Å². The molecule has 0 heterocycles. The van der Waals surface area contributed by atoms with Gasteiger partial charge in [0.1, 0.15) is 30.7 Å². The number of phenols is 1. The molecule has 3 atom stereocenters. The van der Waals surface area contributed by atoms with Crippen molar-refractivity contribution < 1.29 is 30.4 Å². The molecule has 0 saturated carbocycles. The first kappa shape index (κ1) is 33.3. The minimum Gasteiger partial charge on any atom is -0.506 e. The number of hydrogen-bond acceptors (Lipinski definition) is 6. The van der Waals surface area contributed by atoms with Crippen molar-refractivity contribution in [1.82, 2.24) is 16.0 Å². The molecule has 0 saturated heterocycles. The number of phenolic OH excluding ortho intramolecular Hbond substituents is 1. The summed E-state index contributed by atoms with van der Waals surface area (Å²) in [5, 5.41) is 18.0. The van der Waals surface area contributed by atoms with E-state index in [1.54, 1.807) is 12.1 Å². The lowest BCUT2D eigenvalue weighted by molar-refractivity contribution is -0.131. The molecule has 2 aromatic rings. The predicted octanol–water partition coefficient (Wildman–Crippen LogP) is 5.26. The van der Waals surface area contributed by atoms with Crippen molar-refractivity contribution in [2.75, 3.05) is 0 Å². The van der Waals surface area contributed by atoms with Crippen LogP contribution in [0.2, 0.25) is 0 Å². The highest BCUT2D eigenvalue weighted by molar-refractivity contribution is 9.11. The third-order valence-corrected chi connectivity index (χ3v) is 7.10. The quantitative estimate of drug-likeness (QED) is 0.201. The molecule has 0 aliphatic rings. The van der Waals surface area contributed by atoms with E-state index in [2.05, 4.69) is 47.8 Å². The zero-order valence-electron chi connectivity index (χ0n) is 23.1. The number of ether oxygens (including phenoxy) is 1. The van der Waals surface area contributed by atoms with E-state index in [0.717, 1.165) is 5.56 Å². The number of amides is 3. The smallest absolute Gasteiger partial charge is 0.408 e. The first-order chi connectivity index (χ1) is 18.9. The van der Waals surface area contributed by atoms with E-state index in [1.165, 1.54) is 0 Å². The van der Waals surface area contributed by atoms with E-state index in [9.17, 15) is 24.3 Å². The van der Waals surface area contributed by atoms with E-state index < -0.39 is 36.0 Å². The largest absolute Gasteiger partial charge is 0.506 e. The van der Waals surface area contributed by atoms with Gasteiger partial charge in [0.05, 0.1) is 15.0 Å². The summed E-state index contributed by atoms with van der Waals surface area (Å²) in [6.45, 7) is 7.73. The molecular weight excluding hydrogens is 646 g/mol. The van der Waals surface area contributed by atoms with Gasteiger partial charge in [-0.25, -0.2) is 4.79 Å². The van der Waals surface area contributed by atoms with Crippen molar-refractivity contribution in [2.24, 2.45) is 11.8 Å². The zero-order chi connectivity index (χ0) is 29.8. The Kier molecular flexibility index (Phi) is 13.6. The Balaban J connectivity index is 0.00000840. The maximum atomic E-state index is 13.3. The van der Waals surface area contributed by atoms with Crippen LogP contribution >= 0.6 is 31.9 Å². The molecule has 0 aliphatic heterocycles. The molecule has 0 bridgehead atoms. The van der Waals surface area contributed by atoms with Crippen LogP contribution in [0.5, 0.6) is 5.75 Å². The van der Waals surface area contributed by atoms with Crippen LogP contribution in [0.15, 0.2) is 51.4 Å². The van der Waals surface area contributed by atoms with Gasteiger partial charge in [0.25, 0.3) is 0 Å². The van der Waals surface area contributed by atoms with Gasteiger partial charge in [-0.05, 0) is 86.2 Å². The van der Waals surface area contributed by atoms with Crippen LogP contribution in [0.3, 0.4) is 0 Å². The summed E-state index contributed by atoms with van der Waals surface area (Å²) in [7, 11) is 0. The number of hydrogen-bond donors (Lipinski definition) is 4. The molecule has 0 aromatic heterocycles. The van der Waals surface area contributed by atoms with Gasteiger partial charge in [0.2, 0.25) is 11.8 Å². The average Bonchev–Trinajstić information content (AvgIpc) is 2.89. The summed E-state index contributed by atoms with van der Waals surface area (Å²) in [4.78, 5) is 50.8. The highest BCUT2D eigenvalue weighted by Crippen LogP contribution is 2.33. The number of rotatable bonds is 14. The molecule has 3 amide bonds. The van der Waals surface area contributed by atoms with Crippen molar-refractivity contribution in [3.05, 3.63) is 62.5 Å². The van der Waals surface area contributed by atoms with Gasteiger partial charge in [-0.15, -0.1) is 0 Å². The number of alkyl carbamates (subject to hydrolysis) is 1. The summed E-state index contributed by atoms with van der Waals surface area (Å²) in [5.74, 6) is -0.858. The molecule has 2 aromatic carbocycles. The molecule has 220 valence electrons. The molecule has 0 fully saturated rings. The van der Waals surface area contributed by atoms with Crippen molar-refractivity contribution in [1.29, 1.82) is 0 Å². The maximum absolute atomic E-state index is 13.3. The maximum Gasteiger partial charge on any atom is 0.408 e. The summed E-state index contributed by atoms with van der Waals surface area (Å²) >= 11 is 6.53. The molecule has 0 spiro atoms. The summed E-state index contributed by atoms with van der Waals surface area (Å²) in [6, 6.07) is 9.80. The Hall–Kier alpha value is -2.92. The molecule has 9 nitrogen and oxygen atoms in total. The normalized spacial score (nSPS) is 13.3. The lowest BCUT2D eigenvalue weighted by Crippen LogP contribution is -2.55. The second-order valence-electron chi connectivity index (χ2n) is 10.4. The van der Waals surface area contributed by atoms with E-state index in [-0.39, 0.29) is 32.0 Å². The first-order valence-electron chi connectivity index (χ1n) is 13.1.